The van der Waals surface area contributed by atoms with Crippen molar-refractivity contribution in [2.75, 3.05) is 0 Å². The highest BCUT2D eigenvalue weighted by atomic mass is 79.9. The number of amides is 1. The van der Waals surface area contributed by atoms with Gasteiger partial charge in [0.1, 0.15) is 6.17 Å². The number of aromatic nitrogens is 1. The second kappa shape index (κ2) is 7.05. The summed E-state index contributed by atoms with van der Waals surface area (Å²) in [5.74, 6) is 0. The summed E-state index contributed by atoms with van der Waals surface area (Å²) in [5.41, 5.74) is 1.14. The van der Waals surface area contributed by atoms with Gasteiger partial charge in [0.05, 0.1) is 17.8 Å². The maximum Gasteiger partial charge on any atom is 0.408 e. The molecule has 0 saturated heterocycles. The highest BCUT2D eigenvalue weighted by Gasteiger charge is 2.36. The van der Waals surface area contributed by atoms with Gasteiger partial charge in [-0.25, -0.2) is 9.18 Å². The third-order valence-electron chi connectivity index (χ3n) is 3.85. The van der Waals surface area contributed by atoms with E-state index >= 15 is 0 Å². The van der Waals surface area contributed by atoms with Gasteiger partial charge in [-0.05, 0) is 47.0 Å². The fourth-order valence-electron chi connectivity index (χ4n) is 2.60. The van der Waals surface area contributed by atoms with Crippen molar-refractivity contribution in [3.63, 3.8) is 0 Å². The topological polar surface area (TPSA) is 53.4 Å². The molecule has 1 aliphatic rings. The van der Waals surface area contributed by atoms with Crippen molar-refractivity contribution in [2.45, 2.75) is 38.0 Å². The maximum absolute atomic E-state index is 13.8. The summed E-state index contributed by atoms with van der Waals surface area (Å²) in [6.45, 7) is 5.42. The van der Waals surface area contributed by atoms with Crippen LogP contribution in [0.15, 0.2) is 47.1 Å². The first kappa shape index (κ1) is 16.7. The van der Waals surface area contributed by atoms with Crippen LogP contribution in [0.3, 0.4) is 0 Å². The Labute approximate surface area is 137 Å². The van der Waals surface area contributed by atoms with Crippen molar-refractivity contribution in [3.8, 4) is 0 Å². The lowest BCUT2D eigenvalue weighted by molar-refractivity contribution is 0.104. The highest BCUT2D eigenvalue weighted by Crippen LogP contribution is 2.34. The molecule has 0 saturated carbocycles. The Bertz CT molecular complexity index is 588. The van der Waals surface area contributed by atoms with Crippen LogP contribution < -0.4 is 0 Å². The van der Waals surface area contributed by atoms with Crippen LogP contribution in [0.5, 0.6) is 0 Å². The van der Waals surface area contributed by atoms with Gasteiger partial charge in [0.15, 0.2) is 0 Å². The average molecular weight is 369 g/mol. The molecule has 0 spiro atoms. The quantitative estimate of drug-likeness (QED) is 0.752. The first-order valence-corrected chi connectivity index (χ1v) is 7.82. The molecule has 1 amide bonds. The minimum absolute atomic E-state index is 0.349. The molecular weight excluding hydrogens is 351 g/mol. The molecule has 1 heterocycles. The van der Waals surface area contributed by atoms with Crippen molar-refractivity contribution in [3.05, 3.63) is 52.8 Å². The molecule has 2 rings (SSSR count). The lowest BCUT2D eigenvalue weighted by Crippen LogP contribution is -2.45. The summed E-state index contributed by atoms with van der Waals surface area (Å²) in [4.78, 5) is 17.3. The molecule has 3 atom stereocenters. The lowest BCUT2D eigenvalue weighted by atomic mass is 9.86. The van der Waals surface area contributed by atoms with E-state index in [-0.39, 0.29) is 0 Å². The molecule has 0 bridgehead atoms. The molecule has 0 fully saturated rings. The number of nitrogens with zero attached hydrogens (tertiary/aromatic N) is 2. The fraction of sp³-hybridized carbons (Fsp3) is 0.375. The van der Waals surface area contributed by atoms with E-state index in [0.29, 0.717) is 24.1 Å². The standard InChI is InChI=1S/C16H18BrFN2O2/c1-3-4-15(12-6-7-13(12)18)20(16(21)22)10(2)14-8-5-11(17)9-19-14/h3,5-6,8-10,13,15H,1,4,7H2,2H3,(H,21,22)/t10?,13-,15?/m1/s1. The van der Waals surface area contributed by atoms with Crippen LogP contribution in [0.2, 0.25) is 0 Å². The molecule has 1 aliphatic carbocycles. The smallest absolute Gasteiger partial charge is 0.408 e. The van der Waals surface area contributed by atoms with Gasteiger partial charge in [-0.3, -0.25) is 9.88 Å². The van der Waals surface area contributed by atoms with Crippen molar-refractivity contribution >= 4 is 22.0 Å². The zero-order chi connectivity index (χ0) is 16.3. The molecule has 0 aliphatic heterocycles. The molecule has 4 nitrogen and oxygen atoms in total. The Morgan fingerprint density at radius 1 is 1.68 bits per heavy atom. The van der Waals surface area contributed by atoms with Crippen LogP contribution in [0.4, 0.5) is 9.18 Å². The fourth-order valence-corrected chi connectivity index (χ4v) is 2.84. The largest absolute Gasteiger partial charge is 0.465 e. The number of hydrogen-bond donors (Lipinski definition) is 1. The third kappa shape index (κ3) is 3.38. The van der Waals surface area contributed by atoms with Crippen LogP contribution in [-0.4, -0.2) is 33.3 Å². The van der Waals surface area contributed by atoms with E-state index < -0.39 is 24.3 Å². The number of rotatable bonds is 6. The van der Waals surface area contributed by atoms with Crippen molar-refractivity contribution in [1.29, 1.82) is 0 Å². The van der Waals surface area contributed by atoms with E-state index in [1.165, 1.54) is 4.90 Å². The van der Waals surface area contributed by atoms with E-state index in [1.54, 1.807) is 31.3 Å². The Morgan fingerprint density at radius 2 is 2.41 bits per heavy atom. The molecule has 0 aromatic carbocycles. The van der Waals surface area contributed by atoms with Crippen LogP contribution >= 0.6 is 15.9 Å². The second-order valence-electron chi connectivity index (χ2n) is 5.21. The summed E-state index contributed by atoms with van der Waals surface area (Å²) < 4.78 is 14.6. The molecule has 2 unspecified atom stereocenters. The van der Waals surface area contributed by atoms with E-state index in [2.05, 4.69) is 27.5 Å². The third-order valence-corrected chi connectivity index (χ3v) is 4.32. The Hall–Kier alpha value is -1.69. The number of carboxylic acid groups (broad SMARTS) is 1. The van der Waals surface area contributed by atoms with Gasteiger partial charge in [0.2, 0.25) is 0 Å². The Balaban J connectivity index is 2.32. The molecule has 22 heavy (non-hydrogen) atoms. The molecule has 118 valence electrons. The minimum Gasteiger partial charge on any atom is -0.465 e. The number of allylic oxidation sites excluding steroid dienone is 1. The second-order valence-corrected chi connectivity index (χ2v) is 6.13. The minimum atomic E-state index is -1.09. The van der Waals surface area contributed by atoms with Gasteiger partial charge in [-0.2, -0.15) is 0 Å². The zero-order valence-electron chi connectivity index (χ0n) is 12.2. The first-order chi connectivity index (χ1) is 10.5. The maximum atomic E-state index is 13.8. The summed E-state index contributed by atoms with van der Waals surface area (Å²) >= 11 is 3.30. The Morgan fingerprint density at radius 3 is 2.82 bits per heavy atom. The molecule has 1 aromatic heterocycles. The van der Waals surface area contributed by atoms with Crippen molar-refractivity contribution in [1.82, 2.24) is 9.88 Å². The first-order valence-electron chi connectivity index (χ1n) is 7.03. The molecule has 6 heteroatoms. The average Bonchev–Trinajstić information content (AvgIpc) is 2.46. The van der Waals surface area contributed by atoms with Gasteiger partial charge in [0, 0.05) is 17.1 Å². The summed E-state index contributed by atoms with van der Waals surface area (Å²) in [6.07, 6.45) is 3.56. The SMILES string of the molecule is C=CCC(C1=CC[C@H]1F)N(C(=O)O)C(C)c1ccc(Br)cn1. The van der Waals surface area contributed by atoms with Crippen LogP contribution in [-0.2, 0) is 0 Å². The molecular formula is C16H18BrFN2O2. The van der Waals surface area contributed by atoms with Gasteiger partial charge >= 0.3 is 6.09 Å². The lowest BCUT2D eigenvalue weighted by Gasteiger charge is -2.38. The summed E-state index contributed by atoms with van der Waals surface area (Å²) in [5, 5.41) is 9.62. The number of pyridine rings is 1. The van der Waals surface area contributed by atoms with Crippen molar-refractivity contribution < 1.29 is 14.3 Å². The van der Waals surface area contributed by atoms with E-state index in [0.717, 1.165) is 4.47 Å². The molecule has 0 radical (unpaired) electrons. The Kier molecular flexibility index (Phi) is 5.34. The number of hydrogen-bond acceptors (Lipinski definition) is 2. The zero-order valence-corrected chi connectivity index (χ0v) is 13.8. The summed E-state index contributed by atoms with van der Waals surface area (Å²) in [6, 6.07) is 2.54. The predicted molar refractivity (Wildman–Crippen MR) is 86.4 cm³/mol. The van der Waals surface area contributed by atoms with Crippen LogP contribution in [0.25, 0.3) is 0 Å². The van der Waals surface area contributed by atoms with Crippen LogP contribution in [0, 0.1) is 0 Å². The highest BCUT2D eigenvalue weighted by molar-refractivity contribution is 9.10. The number of halogens is 2. The molecule has 1 N–H and O–H groups in total. The normalized spacial score (nSPS) is 19.6. The van der Waals surface area contributed by atoms with Crippen molar-refractivity contribution in [2.24, 2.45) is 0 Å². The van der Waals surface area contributed by atoms with E-state index in [1.807, 2.05) is 6.07 Å². The summed E-state index contributed by atoms with van der Waals surface area (Å²) in [7, 11) is 0. The van der Waals surface area contributed by atoms with Crippen LogP contribution in [0.1, 0.15) is 31.5 Å². The van der Waals surface area contributed by atoms with Gasteiger partial charge < -0.3 is 5.11 Å². The number of carbonyl (C=O) groups is 1. The van der Waals surface area contributed by atoms with Gasteiger partial charge in [-0.15, -0.1) is 6.58 Å². The van der Waals surface area contributed by atoms with Gasteiger partial charge in [0.25, 0.3) is 0 Å². The number of alkyl halides is 1. The monoisotopic (exact) mass is 368 g/mol. The molecule has 1 aromatic rings. The van der Waals surface area contributed by atoms with E-state index in [9.17, 15) is 14.3 Å². The van der Waals surface area contributed by atoms with Gasteiger partial charge in [-0.1, -0.05) is 12.2 Å². The van der Waals surface area contributed by atoms with E-state index in [4.69, 9.17) is 0 Å². The predicted octanol–water partition coefficient (Wildman–Crippen LogP) is 4.50.